The van der Waals surface area contributed by atoms with Crippen molar-refractivity contribution in [1.29, 1.82) is 0 Å². The highest BCUT2D eigenvalue weighted by molar-refractivity contribution is 9.10. The maximum absolute atomic E-state index is 13.8. The summed E-state index contributed by atoms with van der Waals surface area (Å²) in [4.78, 5) is -0.355. The van der Waals surface area contributed by atoms with Crippen molar-refractivity contribution in [3.63, 3.8) is 0 Å². The van der Waals surface area contributed by atoms with Gasteiger partial charge in [0.25, 0.3) is 0 Å². The van der Waals surface area contributed by atoms with E-state index in [1.165, 1.54) is 12.1 Å². The van der Waals surface area contributed by atoms with Crippen LogP contribution in [0.4, 0.5) is 4.39 Å². The van der Waals surface area contributed by atoms with Crippen LogP contribution in [0.3, 0.4) is 0 Å². The minimum atomic E-state index is -3.92. The highest BCUT2D eigenvalue weighted by atomic mass is 79.9. The van der Waals surface area contributed by atoms with Crippen LogP contribution in [0.1, 0.15) is 24.1 Å². The predicted octanol–water partition coefficient (Wildman–Crippen LogP) is 3.94. The third-order valence-electron chi connectivity index (χ3n) is 3.17. The minimum Gasteiger partial charge on any atom is -0.207 e. The van der Waals surface area contributed by atoms with Crippen LogP contribution in [0.5, 0.6) is 0 Å². The van der Waals surface area contributed by atoms with Crippen molar-refractivity contribution in [2.24, 2.45) is 0 Å². The molecule has 3 nitrogen and oxygen atoms in total. The lowest BCUT2D eigenvalue weighted by Crippen LogP contribution is -2.28. The van der Waals surface area contributed by atoms with Crippen LogP contribution < -0.4 is 4.72 Å². The normalized spacial score (nSPS) is 13.1. The van der Waals surface area contributed by atoms with Crippen LogP contribution in [0.25, 0.3) is 0 Å². The van der Waals surface area contributed by atoms with Gasteiger partial charge in [-0.25, -0.2) is 17.5 Å². The molecule has 0 aliphatic rings. The molecule has 0 fully saturated rings. The van der Waals surface area contributed by atoms with E-state index in [0.29, 0.717) is 4.47 Å². The summed E-state index contributed by atoms with van der Waals surface area (Å²) in [6.07, 6.45) is 0. The van der Waals surface area contributed by atoms with Crippen LogP contribution in [0, 0.1) is 12.7 Å². The summed E-state index contributed by atoms with van der Waals surface area (Å²) >= 11 is 3.10. The molecule has 0 saturated carbocycles. The molecule has 0 amide bonds. The van der Waals surface area contributed by atoms with E-state index in [0.717, 1.165) is 17.2 Å². The second-order valence-corrected chi connectivity index (χ2v) is 7.37. The number of sulfonamides is 1. The van der Waals surface area contributed by atoms with Gasteiger partial charge in [-0.15, -0.1) is 0 Å². The Hall–Kier alpha value is -1.24. The monoisotopic (exact) mass is 371 g/mol. The summed E-state index contributed by atoms with van der Waals surface area (Å²) in [6, 6.07) is 10.9. The summed E-state index contributed by atoms with van der Waals surface area (Å²) in [5.74, 6) is -0.783. The average molecular weight is 372 g/mol. The molecule has 0 bridgehead atoms. The molecule has 0 aliphatic carbocycles. The molecule has 1 unspecified atom stereocenters. The standard InChI is InChI=1S/C15H15BrFNO2S/c1-10-5-3-4-6-13(10)11(2)18-21(19,20)15-8-7-12(16)9-14(15)17/h3-9,11,18H,1-2H3. The highest BCUT2D eigenvalue weighted by Crippen LogP contribution is 2.23. The first-order chi connectivity index (χ1) is 9.81. The first kappa shape index (κ1) is 16.1. The second-order valence-electron chi connectivity index (χ2n) is 4.77. The quantitative estimate of drug-likeness (QED) is 0.884. The zero-order chi connectivity index (χ0) is 15.6. The Labute approximate surface area is 132 Å². The Kier molecular flexibility index (Phi) is 4.81. The largest absolute Gasteiger partial charge is 0.244 e. The number of hydrogen-bond donors (Lipinski definition) is 1. The van der Waals surface area contributed by atoms with Crippen molar-refractivity contribution in [1.82, 2.24) is 4.72 Å². The molecule has 112 valence electrons. The van der Waals surface area contributed by atoms with Gasteiger partial charge < -0.3 is 0 Å². The molecule has 0 aromatic heterocycles. The Balaban J connectivity index is 2.31. The molecule has 2 aromatic rings. The van der Waals surface area contributed by atoms with E-state index < -0.39 is 21.9 Å². The van der Waals surface area contributed by atoms with Gasteiger partial charge in [-0.1, -0.05) is 40.2 Å². The van der Waals surface area contributed by atoms with Crippen molar-refractivity contribution in [3.05, 3.63) is 63.9 Å². The lowest BCUT2D eigenvalue weighted by Gasteiger charge is -2.17. The maximum Gasteiger partial charge on any atom is 0.244 e. The Morgan fingerprint density at radius 3 is 2.48 bits per heavy atom. The number of nitrogens with one attached hydrogen (secondary N) is 1. The van der Waals surface area contributed by atoms with Crippen LogP contribution in [0.2, 0.25) is 0 Å². The zero-order valence-corrected chi connectivity index (χ0v) is 14.0. The van der Waals surface area contributed by atoms with Gasteiger partial charge in [-0.2, -0.15) is 0 Å². The van der Waals surface area contributed by atoms with Gasteiger partial charge in [-0.05, 0) is 43.2 Å². The van der Waals surface area contributed by atoms with Gasteiger partial charge >= 0.3 is 0 Å². The van der Waals surface area contributed by atoms with E-state index in [2.05, 4.69) is 20.7 Å². The average Bonchev–Trinajstić information content (AvgIpc) is 2.37. The fraction of sp³-hybridized carbons (Fsp3) is 0.200. The van der Waals surface area contributed by atoms with Gasteiger partial charge in [0.05, 0.1) is 0 Å². The number of halogens is 2. The fourth-order valence-corrected chi connectivity index (χ4v) is 3.74. The number of hydrogen-bond acceptors (Lipinski definition) is 2. The van der Waals surface area contributed by atoms with Crippen molar-refractivity contribution < 1.29 is 12.8 Å². The molecule has 6 heteroatoms. The van der Waals surface area contributed by atoms with E-state index in [-0.39, 0.29) is 4.90 Å². The molecule has 21 heavy (non-hydrogen) atoms. The molecule has 0 heterocycles. The molecule has 0 radical (unpaired) electrons. The van der Waals surface area contributed by atoms with Crippen LogP contribution in [0.15, 0.2) is 51.8 Å². The van der Waals surface area contributed by atoms with Gasteiger partial charge in [0.2, 0.25) is 10.0 Å². The van der Waals surface area contributed by atoms with Gasteiger partial charge in [0.1, 0.15) is 10.7 Å². The predicted molar refractivity (Wildman–Crippen MR) is 84.0 cm³/mol. The van der Waals surface area contributed by atoms with Crippen molar-refractivity contribution in [2.45, 2.75) is 24.8 Å². The van der Waals surface area contributed by atoms with Crippen LogP contribution >= 0.6 is 15.9 Å². The third-order valence-corrected chi connectivity index (χ3v) is 5.24. The number of aryl methyl sites for hydroxylation is 1. The molecular formula is C15H15BrFNO2S. The van der Waals surface area contributed by atoms with Gasteiger partial charge in [0, 0.05) is 10.5 Å². The number of rotatable bonds is 4. The summed E-state index contributed by atoms with van der Waals surface area (Å²) in [7, 11) is -3.92. The summed E-state index contributed by atoms with van der Waals surface area (Å²) in [6.45, 7) is 3.64. The van der Waals surface area contributed by atoms with Gasteiger partial charge in [0.15, 0.2) is 0 Å². The Bertz CT molecular complexity index is 762. The molecule has 0 spiro atoms. The maximum atomic E-state index is 13.8. The molecular weight excluding hydrogens is 357 g/mol. The second kappa shape index (κ2) is 6.25. The SMILES string of the molecule is Cc1ccccc1C(C)NS(=O)(=O)c1ccc(Br)cc1F. The molecule has 1 atom stereocenters. The van der Waals surface area contributed by atoms with Crippen molar-refractivity contribution in [3.8, 4) is 0 Å². The van der Waals surface area contributed by atoms with Crippen molar-refractivity contribution >= 4 is 26.0 Å². The lowest BCUT2D eigenvalue weighted by molar-refractivity contribution is 0.546. The summed E-state index contributed by atoms with van der Waals surface area (Å²) < 4.78 is 41.4. The third kappa shape index (κ3) is 3.70. The molecule has 2 aromatic carbocycles. The lowest BCUT2D eigenvalue weighted by atomic mass is 10.0. The van der Waals surface area contributed by atoms with E-state index >= 15 is 0 Å². The fourth-order valence-electron chi connectivity index (χ4n) is 2.13. The first-order valence-corrected chi connectivity index (χ1v) is 8.62. The van der Waals surface area contributed by atoms with Gasteiger partial charge in [-0.3, -0.25) is 0 Å². The molecule has 0 saturated heterocycles. The zero-order valence-electron chi connectivity index (χ0n) is 11.6. The molecule has 1 N–H and O–H groups in total. The van der Waals surface area contributed by atoms with E-state index in [4.69, 9.17) is 0 Å². The summed E-state index contributed by atoms with van der Waals surface area (Å²) in [5, 5.41) is 0. The van der Waals surface area contributed by atoms with Crippen molar-refractivity contribution in [2.75, 3.05) is 0 Å². The highest BCUT2D eigenvalue weighted by Gasteiger charge is 2.22. The van der Waals surface area contributed by atoms with E-state index in [1.807, 2.05) is 31.2 Å². The molecule has 2 rings (SSSR count). The Morgan fingerprint density at radius 2 is 1.86 bits per heavy atom. The van der Waals surface area contributed by atoms with Crippen LogP contribution in [-0.4, -0.2) is 8.42 Å². The topological polar surface area (TPSA) is 46.2 Å². The Morgan fingerprint density at radius 1 is 1.19 bits per heavy atom. The van der Waals surface area contributed by atoms with E-state index in [1.54, 1.807) is 6.92 Å². The van der Waals surface area contributed by atoms with Crippen LogP contribution in [-0.2, 0) is 10.0 Å². The number of benzene rings is 2. The molecule has 0 aliphatic heterocycles. The van der Waals surface area contributed by atoms with E-state index in [9.17, 15) is 12.8 Å². The smallest absolute Gasteiger partial charge is 0.207 e. The first-order valence-electron chi connectivity index (χ1n) is 6.34. The minimum absolute atomic E-state index is 0.355. The summed E-state index contributed by atoms with van der Waals surface area (Å²) in [5.41, 5.74) is 1.84.